The Morgan fingerprint density at radius 2 is 2.27 bits per heavy atom. The topological polar surface area (TPSA) is 54.5 Å². The Bertz CT molecular complexity index is 416. The third-order valence-corrected chi connectivity index (χ3v) is 2.11. The number of aromatic nitrogens is 1. The molecule has 4 heteroatoms. The molecule has 0 radical (unpaired) electrons. The maximum Gasteiger partial charge on any atom is 0.340 e. The van der Waals surface area contributed by atoms with Gasteiger partial charge >= 0.3 is 5.97 Å². The van der Waals surface area contributed by atoms with Crippen LogP contribution >= 0.6 is 0 Å². The third kappa shape index (κ3) is 1.98. The van der Waals surface area contributed by atoms with Crippen molar-refractivity contribution in [3.63, 3.8) is 0 Å². The van der Waals surface area contributed by atoms with Crippen LogP contribution in [0.25, 0.3) is 6.08 Å². The van der Waals surface area contributed by atoms with Crippen molar-refractivity contribution in [1.29, 1.82) is 0 Å². The highest BCUT2D eigenvalue weighted by atomic mass is 16.5. The van der Waals surface area contributed by atoms with Crippen molar-refractivity contribution >= 4 is 18.3 Å². The molecule has 0 aliphatic rings. The quantitative estimate of drug-likeness (QED) is 0.605. The number of aromatic amines is 1. The molecule has 0 saturated heterocycles. The number of ether oxygens (including phenoxy) is 1. The predicted molar refractivity (Wildman–Crippen MR) is 60.5 cm³/mol. The first-order valence-corrected chi connectivity index (χ1v) is 4.51. The second-order valence-electron chi connectivity index (χ2n) is 3.04. The van der Waals surface area contributed by atoms with Gasteiger partial charge in [-0.3, -0.25) is 4.99 Å². The van der Waals surface area contributed by atoms with E-state index >= 15 is 0 Å². The first-order valence-electron chi connectivity index (χ1n) is 4.51. The van der Waals surface area contributed by atoms with Crippen molar-refractivity contribution in [3.05, 3.63) is 29.1 Å². The van der Waals surface area contributed by atoms with Crippen LogP contribution in [-0.4, -0.2) is 31.3 Å². The van der Waals surface area contributed by atoms with Crippen molar-refractivity contribution in [3.8, 4) is 0 Å². The van der Waals surface area contributed by atoms with E-state index in [-0.39, 0.29) is 5.97 Å². The highest BCUT2D eigenvalue weighted by Crippen LogP contribution is 2.19. The van der Waals surface area contributed by atoms with Crippen LogP contribution < -0.4 is 0 Å². The van der Waals surface area contributed by atoms with Crippen LogP contribution in [0.5, 0.6) is 0 Å². The molecule has 1 heterocycles. The lowest BCUT2D eigenvalue weighted by molar-refractivity contribution is 0.0600. The molecule has 0 saturated carbocycles. The molecular formula is C11H14N2O2. The van der Waals surface area contributed by atoms with Gasteiger partial charge in [0.25, 0.3) is 0 Å². The molecule has 1 rings (SSSR count). The monoisotopic (exact) mass is 206 g/mol. The summed E-state index contributed by atoms with van der Waals surface area (Å²) < 4.78 is 4.70. The highest BCUT2D eigenvalue weighted by Gasteiger charge is 2.18. The lowest BCUT2D eigenvalue weighted by Gasteiger charge is -1.99. The van der Waals surface area contributed by atoms with Gasteiger partial charge in [-0.2, -0.15) is 0 Å². The number of hydrogen-bond donors (Lipinski definition) is 1. The van der Waals surface area contributed by atoms with Gasteiger partial charge in [-0.1, -0.05) is 12.7 Å². The van der Waals surface area contributed by atoms with E-state index in [9.17, 15) is 4.79 Å². The van der Waals surface area contributed by atoms with Crippen LogP contribution in [0.3, 0.4) is 0 Å². The van der Waals surface area contributed by atoms with E-state index in [2.05, 4.69) is 16.6 Å². The SMILES string of the molecule is C=Cc1c(C=NC)[nH]c(C)c1C(=O)OC. The Morgan fingerprint density at radius 3 is 2.73 bits per heavy atom. The number of methoxy groups -OCH3 is 1. The van der Waals surface area contributed by atoms with Crippen molar-refractivity contribution in [2.45, 2.75) is 6.92 Å². The van der Waals surface area contributed by atoms with Crippen LogP contribution in [0.1, 0.15) is 27.3 Å². The fourth-order valence-electron chi connectivity index (χ4n) is 1.48. The number of aliphatic imine (C=N–C) groups is 1. The van der Waals surface area contributed by atoms with E-state index in [1.807, 2.05) is 6.92 Å². The third-order valence-electron chi connectivity index (χ3n) is 2.11. The Hall–Kier alpha value is -1.84. The Kier molecular flexibility index (Phi) is 3.44. The summed E-state index contributed by atoms with van der Waals surface area (Å²) in [7, 11) is 3.02. The van der Waals surface area contributed by atoms with Crippen molar-refractivity contribution in [1.82, 2.24) is 4.98 Å². The summed E-state index contributed by atoms with van der Waals surface area (Å²) in [5, 5.41) is 0. The van der Waals surface area contributed by atoms with Crippen LogP contribution in [0, 0.1) is 6.92 Å². The molecule has 1 N–H and O–H groups in total. The van der Waals surface area contributed by atoms with Crippen molar-refractivity contribution in [2.75, 3.05) is 14.2 Å². The largest absolute Gasteiger partial charge is 0.465 e. The highest BCUT2D eigenvalue weighted by molar-refractivity contribution is 5.99. The fourth-order valence-corrected chi connectivity index (χ4v) is 1.48. The van der Waals surface area contributed by atoms with Crippen LogP contribution in [-0.2, 0) is 4.74 Å². The molecule has 0 unspecified atom stereocenters. The standard InChI is InChI=1S/C11H14N2O2/c1-5-8-9(6-12-3)13-7(2)10(8)11(14)15-4/h5-6,13H,1H2,2-4H3. The minimum absolute atomic E-state index is 0.366. The number of esters is 1. The zero-order valence-corrected chi connectivity index (χ0v) is 9.13. The molecule has 1 aromatic heterocycles. The summed E-state index contributed by atoms with van der Waals surface area (Å²) >= 11 is 0. The first-order chi connectivity index (χ1) is 7.15. The van der Waals surface area contributed by atoms with Gasteiger partial charge < -0.3 is 9.72 Å². The zero-order valence-electron chi connectivity index (χ0n) is 9.13. The zero-order chi connectivity index (χ0) is 11.4. The van der Waals surface area contributed by atoms with Gasteiger partial charge in [0.1, 0.15) is 0 Å². The molecule has 15 heavy (non-hydrogen) atoms. The fraction of sp³-hybridized carbons (Fsp3) is 0.273. The Morgan fingerprint density at radius 1 is 1.60 bits per heavy atom. The lowest BCUT2D eigenvalue weighted by Crippen LogP contribution is -2.03. The summed E-state index contributed by atoms with van der Waals surface area (Å²) in [6.07, 6.45) is 3.27. The number of rotatable bonds is 3. The molecule has 0 spiro atoms. The summed E-state index contributed by atoms with van der Waals surface area (Å²) in [5.74, 6) is -0.366. The molecule has 0 amide bonds. The summed E-state index contributed by atoms with van der Waals surface area (Å²) in [6, 6.07) is 0. The van der Waals surface area contributed by atoms with Crippen LogP contribution in [0.2, 0.25) is 0 Å². The average molecular weight is 206 g/mol. The minimum atomic E-state index is -0.366. The van der Waals surface area contributed by atoms with E-state index < -0.39 is 0 Å². The van der Waals surface area contributed by atoms with Gasteiger partial charge in [0.2, 0.25) is 0 Å². The van der Waals surface area contributed by atoms with Gasteiger partial charge in [0, 0.05) is 24.5 Å². The first kappa shape index (κ1) is 11.2. The predicted octanol–water partition coefficient (Wildman–Crippen LogP) is 1.80. The lowest BCUT2D eigenvalue weighted by atomic mass is 10.1. The number of hydrogen-bond acceptors (Lipinski definition) is 3. The molecule has 1 aromatic rings. The number of nitrogens with zero attached hydrogens (tertiary/aromatic N) is 1. The number of aryl methyl sites for hydroxylation is 1. The second kappa shape index (κ2) is 4.59. The number of carbonyl (C=O) groups excluding carboxylic acids is 1. The van der Waals surface area contributed by atoms with E-state index in [0.717, 1.165) is 17.0 Å². The van der Waals surface area contributed by atoms with Gasteiger partial charge in [0.15, 0.2) is 0 Å². The molecule has 0 atom stereocenters. The molecule has 80 valence electrons. The van der Waals surface area contributed by atoms with Crippen molar-refractivity contribution in [2.24, 2.45) is 4.99 Å². The number of nitrogens with one attached hydrogen (secondary N) is 1. The van der Waals surface area contributed by atoms with Crippen LogP contribution in [0.4, 0.5) is 0 Å². The number of H-pyrrole nitrogens is 1. The van der Waals surface area contributed by atoms with Gasteiger partial charge in [-0.15, -0.1) is 0 Å². The smallest absolute Gasteiger partial charge is 0.340 e. The molecule has 0 fully saturated rings. The van der Waals surface area contributed by atoms with Gasteiger partial charge in [0.05, 0.1) is 18.4 Å². The van der Waals surface area contributed by atoms with Gasteiger partial charge in [-0.05, 0) is 6.92 Å². The molecule has 0 bridgehead atoms. The average Bonchev–Trinajstić information content (AvgIpc) is 2.54. The van der Waals surface area contributed by atoms with Crippen molar-refractivity contribution < 1.29 is 9.53 Å². The Labute approximate surface area is 88.7 Å². The van der Waals surface area contributed by atoms with Gasteiger partial charge in [-0.25, -0.2) is 4.79 Å². The van der Waals surface area contributed by atoms with E-state index in [1.165, 1.54) is 7.11 Å². The maximum absolute atomic E-state index is 11.5. The summed E-state index contributed by atoms with van der Waals surface area (Å²) in [6.45, 7) is 5.49. The van der Waals surface area contributed by atoms with E-state index in [1.54, 1.807) is 19.3 Å². The van der Waals surface area contributed by atoms with E-state index in [0.29, 0.717) is 5.56 Å². The summed E-state index contributed by atoms with van der Waals surface area (Å²) in [4.78, 5) is 18.5. The normalized spacial score (nSPS) is 10.6. The Balaban J connectivity index is 3.37. The minimum Gasteiger partial charge on any atom is -0.465 e. The van der Waals surface area contributed by atoms with Crippen LogP contribution in [0.15, 0.2) is 11.6 Å². The molecular weight excluding hydrogens is 192 g/mol. The van der Waals surface area contributed by atoms with E-state index in [4.69, 9.17) is 4.74 Å². The molecule has 0 aliphatic carbocycles. The number of carbonyl (C=O) groups is 1. The summed E-state index contributed by atoms with van der Waals surface area (Å²) in [5.41, 5.74) is 2.77. The molecule has 0 aromatic carbocycles. The second-order valence-corrected chi connectivity index (χ2v) is 3.04. The molecule has 4 nitrogen and oxygen atoms in total. The maximum atomic E-state index is 11.5. The molecule has 0 aliphatic heterocycles.